The van der Waals surface area contributed by atoms with E-state index >= 15 is 0 Å². The molecule has 1 saturated heterocycles. The van der Waals surface area contributed by atoms with E-state index in [1.54, 1.807) is 0 Å². The van der Waals surface area contributed by atoms with Crippen molar-refractivity contribution in [2.75, 3.05) is 36.5 Å². The molecule has 1 aliphatic heterocycles. The molecular weight excluding hydrogens is 336 g/mol. The summed E-state index contributed by atoms with van der Waals surface area (Å²) in [5, 5.41) is 6.28. The molecule has 128 valence electrons. The Morgan fingerprint density at radius 3 is 2.68 bits per heavy atom. The first-order chi connectivity index (χ1) is 12.3. The molecule has 7 nitrogen and oxygen atoms in total. The topological polar surface area (TPSA) is 76.1 Å². The Bertz CT molecular complexity index is 844. The third-order valence-electron chi connectivity index (χ3n) is 3.96. The SMILES string of the molecule is Cc1ncc(-[s+]2ccnc2Nc2cc(N3CCOCC3)ccn2)cn1. The second kappa shape index (κ2) is 7.12. The van der Waals surface area contributed by atoms with E-state index in [2.05, 4.69) is 41.6 Å². The monoisotopic (exact) mass is 355 g/mol. The molecular formula is C17H19N6OS+. The number of aromatic nitrogens is 4. The van der Waals surface area contributed by atoms with Crippen molar-refractivity contribution in [2.24, 2.45) is 0 Å². The molecule has 3 aromatic heterocycles. The van der Waals surface area contributed by atoms with Crippen LogP contribution in [-0.2, 0) is 4.74 Å². The Morgan fingerprint density at radius 1 is 1.08 bits per heavy atom. The molecule has 4 heterocycles. The molecule has 0 radical (unpaired) electrons. The molecule has 0 spiro atoms. The zero-order chi connectivity index (χ0) is 17.1. The smallest absolute Gasteiger partial charge is 0.351 e. The summed E-state index contributed by atoms with van der Waals surface area (Å²) in [7, 11) is -0.289. The highest BCUT2D eigenvalue weighted by Gasteiger charge is 2.20. The van der Waals surface area contributed by atoms with Crippen LogP contribution >= 0.6 is 10.5 Å². The van der Waals surface area contributed by atoms with Gasteiger partial charge in [-0.2, -0.15) is 4.98 Å². The zero-order valence-electron chi connectivity index (χ0n) is 13.9. The molecule has 0 bridgehead atoms. The number of morpholine rings is 1. The maximum Gasteiger partial charge on any atom is 0.351 e. The summed E-state index contributed by atoms with van der Waals surface area (Å²) in [6.07, 6.45) is 7.35. The van der Waals surface area contributed by atoms with Crippen molar-refractivity contribution in [1.82, 2.24) is 19.9 Å². The molecule has 0 aromatic carbocycles. The molecule has 0 amide bonds. The van der Waals surface area contributed by atoms with E-state index in [9.17, 15) is 0 Å². The zero-order valence-corrected chi connectivity index (χ0v) is 14.7. The number of rotatable bonds is 4. The second-order valence-electron chi connectivity index (χ2n) is 5.65. The maximum atomic E-state index is 5.42. The Morgan fingerprint density at radius 2 is 1.88 bits per heavy atom. The summed E-state index contributed by atoms with van der Waals surface area (Å²) in [6.45, 7) is 5.21. The summed E-state index contributed by atoms with van der Waals surface area (Å²) in [6, 6.07) is 4.08. The molecule has 4 rings (SSSR count). The van der Waals surface area contributed by atoms with Crippen molar-refractivity contribution < 1.29 is 4.74 Å². The summed E-state index contributed by atoms with van der Waals surface area (Å²) >= 11 is 0. The normalized spacial score (nSPS) is 15.2. The number of hydrogen-bond acceptors (Lipinski definition) is 7. The highest BCUT2D eigenvalue weighted by molar-refractivity contribution is 7.41. The minimum Gasteiger partial charge on any atom is -0.378 e. The Kier molecular flexibility index (Phi) is 4.53. The van der Waals surface area contributed by atoms with Crippen LogP contribution in [0.15, 0.2) is 42.3 Å². The van der Waals surface area contributed by atoms with Crippen molar-refractivity contribution in [3.05, 3.63) is 48.1 Å². The number of nitrogens with one attached hydrogen (secondary N) is 1. The number of anilines is 3. The van der Waals surface area contributed by atoms with Gasteiger partial charge in [-0.15, -0.1) is 0 Å². The van der Waals surface area contributed by atoms with Gasteiger partial charge in [-0.25, -0.2) is 15.0 Å². The van der Waals surface area contributed by atoms with E-state index in [1.807, 2.05) is 37.8 Å². The number of thiazole rings is 1. The van der Waals surface area contributed by atoms with Crippen LogP contribution < -0.4 is 10.2 Å². The predicted octanol–water partition coefficient (Wildman–Crippen LogP) is 2.89. The van der Waals surface area contributed by atoms with Gasteiger partial charge in [-0.3, -0.25) is 5.32 Å². The highest BCUT2D eigenvalue weighted by Crippen LogP contribution is 2.38. The summed E-state index contributed by atoms with van der Waals surface area (Å²) < 4.78 is 5.42. The van der Waals surface area contributed by atoms with Crippen molar-refractivity contribution in [2.45, 2.75) is 6.92 Å². The molecule has 1 N–H and O–H groups in total. The Hall–Kier alpha value is -2.58. The van der Waals surface area contributed by atoms with Crippen molar-refractivity contribution >= 4 is 27.1 Å². The number of aryl methyl sites for hydroxylation is 1. The lowest BCUT2D eigenvalue weighted by molar-refractivity contribution is 0.122. The predicted molar refractivity (Wildman–Crippen MR) is 98.9 cm³/mol. The second-order valence-corrected chi connectivity index (χ2v) is 7.45. The van der Waals surface area contributed by atoms with Crippen LogP contribution in [-0.4, -0.2) is 46.2 Å². The summed E-state index contributed by atoms with van der Waals surface area (Å²) in [4.78, 5) is 20.8. The molecule has 1 fully saturated rings. The lowest BCUT2D eigenvalue weighted by Crippen LogP contribution is -2.36. The summed E-state index contributed by atoms with van der Waals surface area (Å²) in [5.41, 5.74) is 1.14. The lowest BCUT2D eigenvalue weighted by Gasteiger charge is -2.28. The minimum atomic E-state index is -0.289. The average Bonchev–Trinajstić information content (AvgIpc) is 3.11. The summed E-state index contributed by atoms with van der Waals surface area (Å²) in [5.74, 6) is 1.55. The van der Waals surface area contributed by atoms with E-state index in [-0.39, 0.29) is 10.5 Å². The number of pyridine rings is 1. The van der Waals surface area contributed by atoms with Crippen LogP contribution in [0.1, 0.15) is 5.82 Å². The van der Waals surface area contributed by atoms with Crippen LogP contribution in [0, 0.1) is 6.92 Å². The fourth-order valence-electron chi connectivity index (χ4n) is 2.67. The van der Waals surface area contributed by atoms with Crippen LogP contribution in [0.2, 0.25) is 0 Å². The number of hydrogen-bond donors (Lipinski definition) is 1. The first-order valence-corrected chi connectivity index (χ1v) is 9.40. The van der Waals surface area contributed by atoms with E-state index in [4.69, 9.17) is 4.74 Å². The van der Waals surface area contributed by atoms with Crippen molar-refractivity contribution in [1.29, 1.82) is 0 Å². The quantitative estimate of drug-likeness (QED) is 0.721. The van der Waals surface area contributed by atoms with Gasteiger partial charge < -0.3 is 9.64 Å². The Balaban J connectivity index is 1.57. The van der Waals surface area contributed by atoms with Gasteiger partial charge in [0.05, 0.1) is 42.3 Å². The van der Waals surface area contributed by atoms with Crippen LogP contribution in [0.3, 0.4) is 0 Å². The van der Waals surface area contributed by atoms with Gasteiger partial charge >= 0.3 is 5.13 Å². The van der Waals surface area contributed by atoms with E-state index in [0.717, 1.165) is 53.7 Å². The lowest BCUT2D eigenvalue weighted by atomic mass is 10.3. The molecule has 0 aliphatic carbocycles. The first kappa shape index (κ1) is 15.9. The van der Waals surface area contributed by atoms with Crippen LogP contribution in [0.25, 0.3) is 4.90 Å². The number of ether oxygens (including phenoxy) is 1. The molecule has 25 heavy (non-hydrogen) atoms. The third-order valence-corrected chi connectivity index (χ3v) is 5.70. The van der Waals surface area contributed by atoms with Gasteiger partial charge in [0.15, 0.2) is 5.38 Å². The highest BCUT2D eigenvalue weighted by atomic mass is 32.2. The molecule has 1 aliphatic rings. The molecule has 1 atom stereocenters. The largest absolute Gasteiger partial charge is 0.378 e. The van der Waals surface area contributed by atoms with Crippen LogP contribution in [0.5, 0.6) is 0 Å². The van der Waals surface area contributed by atoms with Gasteiger partial charge in [0.25, 0.3) is 0 Å². The van der Waals surface area contributed by atoms with E-state index in [1.165, 1.54) is 0 Å². The maximum absolute atomic E-state index is 5.42. The molecule has 1 unspecified atom stereocenters. The van der Waals surface area contributed by atoms with E-state index in [0.29, 0.717) is 0 Å². The van der Waals surface area contributed by atoms with Gasteiger partial charge in [-0.05, 0) is 13.0 Å². The van der Waals surface area contributed by atoms with Gasteiger partial charge in [0, 0.05) is 31.0 Å². The van der Waals surface area contributed by atoms with Gasteiger partial charge in [0.2, 0.25) is 4.90 Å². The van der Waals surface area contributed by atoms with Crippen molar-refractivity contribution in [3.8, 4) is 4.90 Å². The third kappa shape index (κ3) is 3.59. The van der Waals surface area contributed by atoms with Crippen molar-refractivity contribution in [3.63, 3.8) is 0 Å². The standard InChI is InChI=1S/C17H19N6OS/c1-13-20-11-15(12-21-13)25-9-4-19-17(25)22-16-10-14(2-3-18-16)23-5-7-24-8-6-23/h2-4,9-12H,5-8H2,1H3,(H,18,19,22)/q+1. The van der Waals surface area contributed by atoms with Gasteiger partial charge in [-0.1, -0.05) is 0 Å². The first-order valence-electron chi connectivity index (χ1n) is 8.11. The average molecular weight is 355 g/mol. The fraction of sp³-hybridized carbons (Fsp3) is 0.294. The molecule has 0 saturated carbocycles. The van der Waals surface area contributed by atoms with Gasteiger partial charge in [0.1, 0.15) is 11.6 Å². The fourth-order valence-corrected chi connectivity index (χ4v) is 4.08. The van der Waals surface area contributed by atoms with E-state index < -0.39 is 0 Å². The van der Waals surface area contributed by atoms with Crippen LogP contribution in [0.4, 0.5) is 16.6 Å². The molecule has 3 aromatic rings. The minimum absolute atomic E-state index is 0.289. The molecule has 8 heteroatoms. The Labute approximate surface area is 148 Å². The number of nitrogens with zero attached hydrogens (tertiary/aromatic N) is 5.